The van der Waals surface area contributed by atoms with E-state index >= 15 is 0 Å². The third-order valence-electron chi connectivity index (χ3n) is 6.19. The quantitative estimate of drug-likeness (QED) is 0.638. The Morgan fingerprint density at radius 1 is 1.12 bits per heavy atom. The topological polar surface area (TPSA) is 116 Å². The van der Waals surface area contributed by atoms with Gasteiger partial charge in [-0.15, -0.1) is 0 Å². The molecule has 2 aromatic rings. The van der Waals surface area contributed by atoms with Gasteiger partial charge in [-0.3, -0.25) is 4.79 Å². The molecule has 32 heavy (non-hydrogen) atoms. The van der Waals surface area contributed by atoms with Crippen molar-refractivity contribution in [3.63, 3.8) is 0 Å². The normalized spacial score (nSPS) is 20.4. The van der Waals surface area contributed by atoms with Crippen molar-refractivity contribution in [1.29, 1.82) is 0 Å². The summed E-state index contributed by atoms with van der Waals surface area (Å²) in [6.07, 6.45) is -0.641. The van der Waals surface area contributed by atoms with E-state index < -0.39 is 23.7 Å². The number of β-amino-alcohol motifs (C(OH)–C–C–N with tert-alkyl or cyclic N) is 1. The van der Waals surface area contributed by atoms with Gasteiger partial charge in [-0.2, -0.15) is 0 Å². The number of hydrogen-bond donors (Lipinski definition) is 3. The molecule has 0 bridgehead atoms. The van der Waals surface area contributed by atoms with Gasteiger partial charge in [-0.1, -0.05) is 48.5 Å². The second-order valence-corrected chi connectivity index (χ2v) is 8.48. The second kappa shape index (κ2) is 8.63. The Hall–Kier alpha value is -3.39. The molecule has 8 heteroatoms. The predicted molar refractivity (Wildman–Crippen MR) is 116 cm³/mol. The smallest absolute Gasteiger partial charge is 0.407 e. The summed E-state index contributed by atoms with van der Waals surface area (Å²) in [6, 6.07) is 15.6. The van der Waals surface area contributed by atoms with Crippen molar-refractivity contribution < 1.29 is 29.3 Å². The van der Waals surface area contributed by atoms with Crippen LogP contribution in [0.4, 0.5) is 4.79 Å². The highest BCUT2D eigenvalue weighted by Crippen LogP contribution is 2.44. The second-order valence-electron chi connectivity index (χ2n) is 8.48. The number of carbonyl (C=O) groups excluding carboxylic acids is 2. The Kier molecular flexibility index (Phi) is 5.88. The van der Waals surface area contributed by atoms with E-state index in [0.717, 1.165) is 22.3 Å². The molecule has 3 N–H and O–H groups in total. The Labute approximate surface area is 185 Å². The van der Waals surface area contributed by atoms with E-state index in [0.29, 0.717) is 0 Å². The first-order valence-electron chi connectivity index (χ1n) is 10.6. The van der Waals surface area contributed by atoms with Gasteiger partial charge in [0.05, 0.1) is 6.54 Å². The maximum atomic E-state index is 12.4. The summed E-state index contributed by atoms with van der Waals surface area (Å²) >= 11 is 0. The van der Waals surface area contributed by atoms with Gasteiger partial charge in [-0.05, 0) is 29.2 Å². The average molecular weight is 438 g/mol. The van der Waals surface area contributed by atoms with Crippen molar-refractivity contribution in [3.05, 3.63) is 59.7 Å². The maximum absolute atomic E-state index is 12.4. The number of carboxylic acid groups (broad SMARTS) is 1. The lowest BCUT2D eigenvalue weighted by Gasteiger charge is -2.21. The molecule has 1 saturated heterocycles. The van der Waals surface area contributed by atoms with Crippen molar-refractivity contribution in [2.24, 2.45) is 0 Å². The summed E-state index contributed by atoms with van der Waals surface area (Å²) < 4.78 is 5.49. The van der Waals surface area contributed by atoms with E-state index in [1.165, 1.54) is 4.90 Å². The molecule has 168 valence electrons. The lowest BCUT2D eigenvalue weighted by molar-refractivity contribution is -0.157. The number of nitrogens with one attached hydrogen (secondary N) is 1. The molecule has 4 rings (SSSR count). The number of hydrogen-bond acceptors (Lipinski definition) is 5. The number of rotatable bonds is 6. The van der Waals surface area contributed by atoms with Crippen molar-refractivity contribution in [3.8, 4) is 11.1 Å². The molecule has 2 aromatic carbocycles. The number of benzene rings is 2. The number of alkyl carbamates (subject to hydrolysis) is 1. The number of likely N-dealkylation sites (tertiary alicyclic amines) is 1. The Bertz CT molecular complexity index is 1010. The molecule has 2 atom stereocenters. The van der Waals surface area contributed by atoms with Crippen molar-refractivity contribution in [2.75, 3.05) is 19.7 Å². The lowest BCUT2D eigenvalue weighted by atomic mass is 9.98. The Morgan fingerprint density at radius 3 is 2.28 bits per heavy atom. The fraction of sp³-hybridized carbons (Fsp3) is 0.375. The van der Waals surface area contributed by atoms with E-state index in [4.69, 9.17) is 9.84 Å². The third kappa shape index (κ3) is 4.18. The van der Waals surface area contributed by atoms with Gasteiger partial charge >= 0.3 is 12.1 Å². The average Bonchev–Trinajstić information content (AvgIpc) is 3.32. The van der Waals surface area contributed by atoms with Crippen LogP contribution in [-0.2, 0) is 14.3 Å². The first-order valence-corrected chi connectivity index (χ1v) is 10.6. The molecule has 1 aliphatic heterocycles. The van der Waals surface area contributed by atoms with Gasteiger partial charge in [0.15, 0.2) is 5.60 Å². The number of aliphatic carboxylic acids is 1. The van der Waals surface area contributed by atoms with Crippen LogP contribution in [-0.4, -0.2) is 64.4 Å². The summed E-state index contributed by atoms with van der Waals surface area (Å²) in [4.78, 5) is 37.2. The van der Waals surface area contributed by atoms with Crippen LogP contribution in [0.2, 0.25) is 0 Å². The lowest BCUT2D eigenvalue weighted by Crippen LogP contribution is -2.44. The molecule has 2 aliphatic rings. The van der Waals surface area contributed by atoms with E-state index in [-0.39, 0.29) is 44.4 Å². The number of aliphatic hydroxyl groups is 1. The van der Waals surface area contributed by atoms with Crippen LogP contribution in [0.5, 0.6) is 0 Å². The summed E-state index contributed by atoms with van der Waals surface area (Å²) in [5.41, 5.74) is 2.61. The van der Waals surface area contributed by atoms with Crippen LogP contribution >= 0.6 is 0 Å². The minimum Gasteiger partial charge on any atom is -0.479 e. The van der Waals surface area contributed by atoms with Crippen LogP contribution in [0.15, 0.2) is 48.5 Å². The van der Waals surface area contributed by atoms with Crippen LogP contribution in [0, 0.1) is 0 Å². The van der Waals surface area contributed by atoms with E-state index in [1.807, 2.05) is 36.4 Å². The van der Waals surface area contributed by atoms with Crippen molar-refractivity contribution in [2.45, 2.75) is 37.3 Å². The van der Waals surface area contributed by atoms with Crippen LogP contribution in [0.25, 0.3) is 11.1 Å². The van der Waals surface area contributed by atoms with Crippen LogP contribution in [0.1, 0.15) is 36.8 Å². The fourth-order valence-electron chi connectivity index (χ4n) is 4.46. The Balaban J connectivity index is 1.30. The molecular formula is C24H26N2O6. The largest absolute Gasteiger partial charge is 0.479 e. The number of carboxylic acids is 1. The summed E-state index contributed by atoms with van der Waals surface area (Å²) in [7, 11) is 0. The zero-order chi connectivity index (χ0) is 22.9. The first kappa shape index (κ1) is 21.8. The first-order chi connectivity index (χ1) is 15.3. The summed E-state index contributed by atoms with van der Waals surface area (Å²) in [5, 5.41) is 21.7. The van der Waals surface area contributed by atoms with Gasteiger partial charge in [0, 0.05) is 31.3 Å². The zero-order valence-corrected chi connectivity index (χ0v) is 17.8. The molecule has 0 radical (unpaired) electrons. The highest BCUT2D eigenvalue weighted by atomic mass is 16.5. The van der Waals surface area contributed by atoms with Gasteiger partial charge < -0.3 is 25.2 Å². The highest BCUT2D eigenvalue weighted by molar-refractivity contribution is 5.83. The molecule has 1 heterocycles. The molecule has 1 fully saturated rings. The predicted octanol–water partition coefficient (Wildman–Crippen LogP) is 2.35. The molecule has 1 aliphatic carbocycles. The van der Waals surface area contributed by atoms with Gasteiger partial charge in [0.1, 0.15) is 6.61 Å². The van der Waals surface area contributed by atoms with Crippen LogP contribution in [0.3, 0.4) is 0 Å². The number of carbonyl (C=O) groups is 3. The van der Waals surface area contributed by atoms with Gasteiger partial charge in [-0.25, -0.2) is 9.59 Å². The molecule has 8 nitrogen and oxygen atoms in total. The minimum absolute atomic E-state index is 0.0116. The molecular weight excluding hydrogens is 412 g/mol. The standard InChI is InChI=1S/C24H26N2O6/c1-15(12-21(27)26-11-10-24(31,14-26)22(28)29)25-23(30)32-13-20-18-8-4-2-6-16(18)17-7-3-5-9-19(17)20/h2-9,15,20,31H,10-14H2,1H3,(H,25,30)(H,28,29)/t15-,24?/m0/s1. The van der Waals surface area contributed by atoms with E-state index in [2.05, 4.69) is 17.4 Å². The van der Waals surface area contributed by atoms with E-state index in [9.17, 15) is 19.5 Å². The molecule has 2 amide bonds. The van der Waals surface area contributed by atoms with Gasteiger partial charge in [0.2, 0.25) is 5.91 Å². The summed E-state index contributed by atoms with van der Waals surface area (Å²) in [6.45, 7) is 1.77. The maximum Gasteiger partial charge on any atom is 0.407 e. The van der Waals surface area contributed by atoms with Crippen molar-refractivity contribution >= 4 is 18.0 Å². The minimum atomic E-state index is -1.90. The number of amides is 2. The molecule has 0 aromatic heterocycles. The van der Waals surface area contributed by atoms with Crippen molar-refractivity contribution in [1.82, 2.24) is 10.2 Å². The zero-order valence-electron chi connectivity index (χ0n) is 17.8. The number of nitrogens with zero attached hydrogens (tertiary/aromatic N) is 1. The van der Waals surface area contributed by atoms with Crippen LogP contribution < -0.4 is 5.32 Å². The van der Waals surface area contributed by atoms with Gasteiger partial charge in [0.25, 0.3) is 0 Å². The number of ether oxygens (including phenoxy) is 1. The van der Waals surface area contributed by atoms with E-state index in [1.54, 1.807) is 6.92 Å². The molecule has 0 spiro atoms. The molecule has 0 saturated carbocycles. The highest BCUT2D eigenvalue weighted by Gasteiger charge is 2.44. The monoisotopic (exact) mass is 438 g/mol. The third-order valence-corrected chi connectivity index (χ3v) is 6.19. The fourth-order valence-corrected chi connectivity index (χ4v) is 4.46. The Morgan fingerprint density at radius 2 is 1.72 bits per heavy atom. The number of fused-ring (bicyclic) bond motifs is 3. The molecule has 1 unspecified atom stereocenters. The SMILES string of the molecule is C[C@@H](CC(=O)N1CCC(O)(C(=O)O)C1)NC(=O)OCC1c2ccccc2-c2ccccc21. The summed E-state index contributed by atoms with van der Waals surface area (Å²) in [5.74, 6) is -1.71.